The van der Waals surface area contributed by atoms with Crippen LogP contribution in [0, 0.1) is 6.92 Å². The molecule has 18 heavy (non-hydrogen) atoms. The first kappa shape index (κ1) is 13.2. The third-order valence-corrected chi connectivity index (χ3v) is 4.23. The summed E-state index contributed by atoms with van der Waals surface area (Å²) in [6, 6.07) is 8.87. The molecule has 2 rings (SSSR count). The maximum atomic E-state index is 4.37. The number of hydrogen-bond donors (Lipinski definition) is 0. The second-order valence-electron chi connectivity index (χ2n) is 5.99. The Hall–Kier alpha value is -1.24. The van der Waals surface area contributed by atoms with Gasteiger partial charge in [-0.25, -0.2) is 0 Å². The molecule has 1 nitrogen and oxygen atoms in total. The van der Waals surface area contributed by atoms with Gasteiger partial charge in [-0.1, -0.05) is 50.3 Å². The van der Waals surface area contributed by atoms with Gasteiger partial charge in [-0.05, 0) is 31.7 Å². The van der Waals surface area contributed by atoms with Crippen molar-refractivity contribution in [3.05, 3.63) is 47.7 Å². The molecular weight excluding hydrogens is 218 g/mol. The fraction of sp³-hybridized carbons (Fsp3) is 0.529. The van der Waals surface area contributed by atoms with E-state index in [0.717, 1.165) is 0 Å². The van der Waals surface area contributed by atoms with Crippen LogP contribution < -0.4 is 0 Å². The minimum absolute atomic E-state index is 0.0328. The molecule has 0 aromatic heterocycles. The van der Waals surface area contributed by atoms with Gasteiger partial charge in [-0.15, -0.1) is 0 Å². The summed E-state index contributed by atoms with van der Waals surface area (Å²) in [6.07, 6.45) is 3.99. The summed E-state index contributed by atoms with van der Waals surface area (Å²) >= 11 is 0. The zero-order chi connectivity index (χ0) is 13.2. The van der Waals surface area contributed by atoms with Crippen molar-refractivity contribution >= 4 is 0 Å². The standard InChI is InChI=1S/C17H25N/c1-14-8-10-16(11-9-14)17(3,4)15(2)18-12-6-5-7-13-18/h8-11H,2,5-7,12-13H2,1,3-4H3. The van der Waals surface area contributed by atoms with Gasteiger partial charge >= 0.3 is 0 Å². The normalized spacial score (nSPS) is 16.7. The molecule has 1 aliphatic heterocycles. The number of hydrogen-bond acceptors (Lipinski definition) is 1. The molecular formula is C17H25N. The maximum Gasteiger partial charge on any atom is 0.0289 e. The Morgan fingerprint density at radius 2 is 1.61 bits per heavy atom. The lowest BCUT2D eigenvalue weighted by Gasteiger charge is -2.39. The van der Waals surface area contributed by atoms with Gasteiger partial charge < -0.3 is 4.90 Å². The van der Waals surface area contributed by atoms with Gasteiger partial charge in [0.2, 0.25) is 0 Å². The van der Waals surface area contributed by atoms with E-state index in [9.17, 15) is 0 Å². The first-order chi connectivity index (χ1) is 8.51. The molecule has 0 spiro atoms. The Morgan fingerprint density at radius 1 is 1.06 bits per heavy atom. The smallest absolute Gasteiger partial charge is 0.0289 e. The van der Waals surface area contributed by atoms with Crippen molar-refractivity contribution in [2.75, 3.05) is 13.1 Å². The van der Waals surface area contributed by atoms with Crippen LogP contribution in [0.2, 0.25) is 0 Å². The zero-order valence-electron chi connectivity index (χ0n) is 12.0. The number of piperidine rings is 1. The largest absolute Gasteiger partial charge is 0.375 e. The molecule has 1 heterocycles. The van der Waals surface area contributed by atoms with E-state index in [1.54, 1.807) is 0 Å². The van der Waals surface area contributed by atoms with Crippen LogP contribution in [0.1, 0.15) is 44.2 Å². The molecule has 0 unspecified atom stereocenters. The average molecular weight is 243 g/mol. The molecule has 0 radical (unpaired) electrons. The molecule has 1 heteroatoms. The molecule has 1 aliphatic rings. The molecule has 0 aliphatic carbocycles. The van der Waals surface area contributed by atoms with Crippen LogP contribution in [-0.2, 0) is 5.41 Å². The highest BCUT2D eigenvalue weighted by Gasteiger charge is 2.28. The molecule has 0 N–H and O–H groups in total. The van der Waals surface area contributed by atoms with Crippen molar-refractivity contribution in [3.63, 3.8) is 0 Å². The van der Waals surface area contributed by atoms with Crippen LogP contribution in [-0.4, -0.2) is 18.0 Å². The van der Waals surface area contributed by atoms with E-state index in [0.29, 0.717) is 0 Å². The minimum atomic E-state index is 0.0328. The van der Waals surface area contributed by atoms with Crippen molar-refractivity contribution < 1.29 is 0 Å². The van der Waals surface area contributed by atoms with E-state index in [1.807, 2.05) is 0 Å². The van der Waals surface area contributed by atoms with Crippen LogP contribution in [0.5, 0.6) is 0 Å². The van der Waals surface area contributed by atoms with E-state index in [1.165, 1.54) is 49.2 Å². The summed E-state index contributed by atoms with van der Waals surface area (Å²) in [4.78, 5) is 2.48. The van der Waals surface area contributed by atoms with Crippen molar-refractivity contribution in [3.8, 4) is 0 Å². The maximum absolute atomic E-state index is 4.37. The van der Waals surface area contributed by atoms with Crippen LogP contribution in [0.3, 0.4) is 0 Å². The van der Waals surface area contributed by atoms with Crippen LogP contribution in [0.15, 0.2) is 36.5 Å². The van der Waals surface area contributed by atoms with E-state index < -0.39 is 0 Å². The van der Waals surface area contributed by atoms with Gasteiger partial charge in [-0.3, -0.25) is 0 Å². The van der Waals surface area contributed by atoms with Crippen LogP contribution >= 0.6 is 0 Å². The molecule has 1 fully saturated rings. The van der Waals surface area contributed by atoms with Gasteiger partial charge in [-0.2, -0.15) is 0 Å². The molecule has 1 aromatic rings. The van der Waals surface area contributed by atoms with E-state index >= 15 is 0 Å². The fourth-order valence-corrected chi connectivity index (χ4v) is 2.70. The number of rotatable bonds is 3. The lowest BCUT2D eigenvalue weighted by Crippen LogP contribution is -2.37. The molecule has 0 amide bonds. The third kappa shape index (κ3) is 2.60. The summed E-state index contributed by atoms with van der Waals surface area (Å²) in [7, 11) is 0. The Morgan fingerprint density at radius 3 is 2.17 bits per heavy atom. The van der Waals surface area contributed by atoms with Gasteiger partial charge in [0, 0.05) is 24.2 Å². The van der Waals surface area contributed by atoms with E-state index in [4.69, 9.17) is 0 Å². The van der Waals surface area contributed by atoms with Gasteiger partial charge in [0.1, 0.15) is 0 Å². The lowest BCUT2D eigenvalue weighted by atomic mass is 9.80. The highest BCUT2D eigenvalue weighted by atomic mass is 15.1. The number of aryl methyl sites for hydroxylation is 1. The highest BCUT2D eigenvalue weighted by Crippen LogP contribution is 2.33. The quantitative estimate of drug-likeness (QED) is 0.766. The highest BCUT2D eigenvalue weighted by molar-refractivity contribution is 5.34. The second-order valence-corrected chi connectivity index (χ2v) is 5.99. The van der Waals surface area contributed by atoms with Crippen LogP contribution in [0.25, 0.3) is 0 Å². The van der Waals surface area contributed by atoms with Gasteiger partial charge in [0.25, 0.3) is 0 Å². The summed E-state index contributed by atoms with van der Waals surface area (Å²) in [6.45, 7) is 13.4. The Balaban J connectivity index is 2.18. The van der Waals surface area contributed by atoms with E-state index in [2.05, 4.69) is 56.5 Å². The van der Waals surface area contributed by atoms with Crippen molar-refractivity contribution in [1.82, 2.24) is 4.90 Å². The Labute approximate surface area is 112 Å². The summed E-state index contributed by atoms with van der Waals surface area (Å²) < 4.78 is 0. The van der Waals surface area contributed by atoms with Crippen molar-refractivity contribution in [2.24, 2.45) is 0 Å². The predicted molar refractivity (Wildman–Crippen MR) is 78.8 cm³/mol. The molecule has 0 saturated carbocycles. The average Bonchev–Trinajstić information content (AvgIpc) is 2.39. The molecule has 0 atom stereocenters. The van der Waals surface area contributed by atoms with Crippen LogP contribution in [0.4, 0.5) is 0 Å². The first-order valence-corrected chi connectivity index (χ1v) is 7.03. The van der Waals surface area contributed by atoms with Gasteiger partial charge in [0.15, 0.2) is 0 Å². The van der Waals surface area contributed by atoms with Gasteiger partial charge in [0.05, 0.1) is 0 Å². The topological polar surface area (TPSA) is 3.24 Å². The lowest BCUT2D eigenvalue weighted by molar-refractivity contribution is 0.252. The third-order valence-electron chi connectivity index (χ3n) is 4.23. The molecule has 1 aromatic carbocycles. The fourth-order valence-electron chi connectivity index (χ4n) is 2.70. The SMILES string of the molecule is C=C(N1CCCCC1)C(C)(C)c1ccc(C)cc1. The summed E-state index contributed by atoms with van der Waals surface area (Å²) in [5.74, 6) is 0. The Kier molecular flexibility index (Phi) is 3.79. The monoisotopic (exact) mass is 243 g/mol. The molecule has 0 bridgehead atoms. The number of nitrogens with zero attached hydrogens (tertiary/aromatic N) is 1. The predicted octanol–water partition coefficient (Wildman–Crippen LogP) is 4.27. The first-order valence-electron chi connectivity index (χ1n) is 7.03. The summed E-state index contributed by atoms with van der Waals surface area (Å²) in [5.41, 5.74) is 3.98. The number of likely N-dealkylation sites (tertiary alicyclic amines) is 1. The number of benzene rings is 1. The Bertz CT molecular complexity index is 408. The van der Waals surface area contributed by atoms with Crippen molar-refractivity contribution in [2.45, 2.75) is 45.4 Å². The minimum Gasteiger partial charge on any atom is -0.375 e. The zero-order valence-corrected chi connectivity index (χ0v) is 12.0. The molecule has 98 valence electrons. The number of allylic oxidation sites excluding steroid dienone is 1. The van der Waals surface area contributed by atoms with E-state index in [-0.39, 0.29) is 5.41 Å². The second kappa shape index (κ2) is 5.17. The molecule has 1 saturated heterocycles. The summed E-state index contributed by atoms with van der Waals surface area (Å²) in [5, 5.41) is 0. The van der Waals surface area contributed by atoms with Crippen molar-refractivity contribution in [1.29, 1.82) is 0 Å².